The van der Waals surface area contributed by atoms with Gasteiger partial charge < -0.3 is 33.2 Å². The zero-order chi connectivity index (χ0) is 61.2. The average molecular weight is 1060 g/mol. The molecule has 0 aromatic heterocycles. The van der Waals surface area contributed by atoms with Crippen molar-refractivity contribution in [2.45, 2.75) is 201 Å². The standard InChI is InChI=1S/C14H20O4.C13H20O2.C12H16O4.C12H18O2.C11H16O2/c1-10(2)7-8-14(5,6)18-12(15)9-17-13(16)11(3)4;1-8-9-13(7,12(4,5)6)15-11(14)10(2)3;1-6-7-12(4,5)16-10(13)8-15-11(14)9(2)3;1-7-8-12(6,10(4)5)14-11(13)9(2)3;1-6-8-11(5,7-2)13-10(12)9(3)4/h10H,3,9H2,1-2,4-6H3;2H2,1,3-7H3;2,8H2,1,3-5H3;10H,2H2,1,3-6H3;3,7H2,1-2,4-5H3. The minimum atomic E-state index is -0.892. The molecule has 76 heavy (non-hydrogen) atoms. The Morgan fingerprint density at radius 3 is 1.05 bits per heavy atom. The van der Waals surface area contributed by atoms with Crippen LogP contribution in [0.3, 0.4) is 0 Å². The van der Waals surface area contributed by atoms with Crippen molar-refractivity contribution in [3.8, 4) is 59.2 Å². The van der Waals surface area contributed by atoms with Crippen molar-refractivity contribution in [3.05, 3.63) is 60.8 Å². The molecule has 0 bridgehead atoms. The zero-order valence-corrected chi connectivity index (χ0v) is 50.5. The Hall–Kier alpha value is -7.21. The van der Waals surface area contributed by atoms with Crippen molar-refractivity contribution < 1.29 is 66.7 Å². The lowest BCUT2D eigenvalue weighted by molar-refractivity contribution is -0.162. The number of carbonyl (C=O) groups is 7. The lowest BCUT2D eigenvalue weighted by Gasteiger charge is -2.36. The molecule has 0 saturated heterocycles. The summed E-state index contributed by atoms with van der Waals surface area (Å²) in [6.45, 7) is 59.1. The van der Waals surface area contributed by atoms with E-state index < -0.39 is 71.1 Å². The summed E-state index contributed by atoms with van der Waals surface area (Å²) in [7, 11) is 0. The van der Waals surface area contributed by atoms with Crippen LogP contribution in [-0.4, -0.2) is 83.0 Å². The molecule has 0 heterocycles. The van der Waals surface area contributed by atoms with Crippen molar-refractivity contribution in [2.75, 3.05) is 13.2 Å². The van der Waals surface area contributed by atoms with Crippen LogP contribution in [0.15, 0.2) is 60.8 Å². The molecule has 0 aliphatic rings. The van der Waals surface area contributed by atoms with E-state index in [0.29, 0.717) is 23.1 Å². The molecule has 0 aliphatic carbocycles. The van der Waals surface area contributed by atoms with Gasteiger partial charge in [-0.15, -0.1) is 23.7 Å². The maximum absolute atomic E-state index is 11.5. The number of hydrogen-bond donors (Lipinski definition) is 0. The third kappa shape index (κ3) is 37.5. The maximum Gasteiger partial charge on any atom is 0.345 e. The number of ether oxygens (including phenoxy) is 7. The van der Waals surface area contributed by atoms with E-state index in [0.717, 1.165) is 0 Å². The van der Waals surface area contributed by atoms with Crippen molar-refractivity contribution >= 4 is 41.8 Å². The average Bonchev–Trinajstić information content (AvgIpc) is 3.26. The summed E-state index contributed by atoms with van der Waals surface area (Å²) >= 11 is 0. The Morgan fingerprint density at radius 1 is 0.434 bits per heavy atom. The van der Waals surface area contributed by atoms with Gasteiger partial charge in [-0.05, 0) is 117 Å². The molecule has 0 amide bonds. The van der Waals surface area contributed by atoms with Crippen LogP contribution < -0.4 is 0 Å². The second-order valence-electron chi connectivity index (χ2n) is 20.2. The minimum absolute atomic E-state index is 0.151. The van der Waals surface area contributed by atoms with Crippen LogP contribution in [-0.2, 0) is 66.7 Å². The van der Waals surface area contributed by atoms with Crippen molar-refractivity contribution in [1.82, 2.24) is 0 Å². The van der Waals surface area contributed by atoms with Gasteiger partial charge in [0.05, 0.1) is 0 Å². The summed E-state index contributed by atoms with van der Waals surface area (Å²) in [5.74, 6) is 24.9. The minimum Gasteiger partial charge on any atom is -0.450 e. The largest absolute Gasteiger partial charge is 0.450 e. The van der Waals surface area contributed by atoms with Crippen LogP contribution in [0.5, 0.6) is 0 Å². The van der Waals surface area contributed by atoms with E-state index in [1.54, 1.807) is 83.1 Å². The van der Waals surface area contributed by atoms with Crippen LogP contribution in [0.2, 0.25) is 0 Å². The molecule has 0 radical (unpaired) electrons. The first-order valence-corrected chi connectivity index (χ1v) is 24.4. The Labute approximate surface area is 457 Å². The van der Waals surface area contributed by atoms with Gasteiger partial charge in [0, 0.05) is 45.1 Å². The van der Waals surface area contributed by atoms with Crippen LogP contribution in [0, 0.1) is 76.5 Å². The Morgan fingerprint density at radius 2 is 0.763 bits per heavy atom. The topological polar surface area (TPSA) is 184 Å². The summed E-state index contributed by atoms with van der Waals surface area (Å²) in [4.78, 5) is 78.8. The first kappa shape index (κ1) is 77.7. The highest BCUT2D eigenvalue weighted by Crippen LogP contribution is 2.33. The molecule has 0 aliphatic heterocycles. The smallest absolute Gasteiger partial charge is 0.345 e. The molecule has 0 saturated carbocycles. The SMILES string of the molecule is C=C(C)C(=O)OC(C)(C#CC)C(C)(C)C.C=C(C)C(=O)OC(C)(C#CC)C(C)C.C=C(C)C(=O)OC(C)(C#CC)CC.C=C(C)C(=O)OCC(=O)OC(C)(C)C#CC.C=C(C)C(=O)OCC(=O)OC(C)(C)C#CC(C)C. The van der Waals surface area contributed by atoms with Gasteiger partial charge in [-0.1, -0.05) is 124 Å². The van der Waals surface area contributed by atoms with Gasteiger partial charge >= 0.3 is 41.8 Å². The van der Waals surface area contributed by atoms with Crippen LogP contribution in [0.25, 0.3) is 0 Å². The lowest BCUT2D eigenvalue weighted by atomic mass is 9.78. The molecular weight excluding hydrogens is 969 g/mol. The summed E-state index contributed by atoms with van der Waals surface area (Å²) in [5.41, 5.74) is -2.51. The molecule has 14 nitrogen and oxygen atoms in total. The van der Waals surface area contributed by atoms with Crippen LogP contribution in [0.1, 0.15) is 173 Å². The Kier molecular flexibility index (Phi) is 37.5. The molecule has 422 valence electrons. The monoisotopic (exact) mass is 1060 g/mol. The molecule has 0 aromatic rings. The fourth-order valence-corrected chi connectivity index (χ4v) is 4.23. The normalized spacial score (nSPS) is 12.2. The van der Waals surface area contributed by atoms with Gasteiger partial charge in [0.25, 0.3) is 0 Å². The third-order valence-corrected chi connectivity index (χ3v) is 9.46. The first-order chi connectivity index (χ1) is 34.3. The summed E-state index contributed by atoms with van der Waals surface area (Å²) < 4.78 is 35.2. The van der Waals surface area contributed by atoms with E-state index in [1.165, 1.54) is 13.8 Å². The maximum atomic E-state index is 11.5. The molecule has 0 rings (SSSR count). The number of rotatable bonds is 16. The predicted molar refractivity (Wildman–Crippen MR) is 301 cm³/mol. The fraction of sp³-hybridized carbons (Fsp3) is 0.565. The van der Waals surface area contributed by atoms with Gasteiger partial charge in [-0.25, -0.2) is 33.6 Å². The summed E-state index contributed by atoms with van der Waals surface area (Å²) in [6.07, 6.45) is 0.673. The Balaban J connectivity index is -0.000000278. The molecule has 0 aromatic carbocycles. The van der Waals surface area contributed by atoms with Gasteiger partial charge in [0.1, 0.15) is 0 Å². The van der Waals surface area contributed by atoms with Crippen LogP contribution in [0.4, 0.5) is 0 Å². The van der Waals surface area contributed by atoms with Gasteiger partial charge in [0.2, 0.25) is 0 Å². The first-order valence-electron chi connectivity index (χ1n) is 24.4. The van der Waals surface area contributed by atoms with Crippen molar-refractivity contribution in [1.29, 1.82) is 0 Å². The highest BCUT2D eigenvalue weighted by atomic mass is 16.6. The van der Waals surface area contributed by atoms with Crippen LogP contribution >= 0.6 is 0 Å². The van der Waals surface area contributed by atoms with Crippen molar-refractivity contribution in [2.24, 2.45) is 17.3 Å². The molecule has 3 atom stereocenters. The lowest BCUT2D eigenvalue weighted by Crippen LogP contribution is -2.43. The number of hydrogen-bond acceptors (Lipinski definition) is 14. The van der Waals surface area contributed by atoms with E-state index in [-0.39, 0.29) is 40.3 Å². The fourth-order valence-electron chi connectivity index (χ4n) is 4.23. The van der Waals surface area contributed by atoms with Gasteiger partial charge in [0.15, 0.2) is 41.2 Å². The molecule has 0 N–H and O–H groups in total. The highest BCUT2D eigenvalue weighted by Gasteiger charge is 2.40. The summed E-state index contributed by atoms with van der Waals surface area (Å²) in [6, 6.07) is 0. The molecule has 0 spiro atoms. The second-order valence-corrected chi connectivity index (χ2v) is 20.2. The number of esters is 7. The Bertz CT molecular complexity index is 2410. The third-order valence-electron chi connectivity index (χ3n) is 9.46. The predicted octanol–water partition coefficient (Wildman–Crippen LogP) is 11.3. The van der Waals surface area contributed by atoms with E-state index >= 15 is 0 Å². The molecular formula is C62H90O14. The van der Waals surface area contributed by atoms with Gasteiger partial charge in [-0.2, -0.15) is 0 Å². The van der Waals surface area contributed by atoms with E-state index in [2.05, 4.69) is 102 Å². The zero-order valence-electron chi connectivity index (χ0n) is 50.5. The second kappa shape index (κ2) is 36.7. The van der Waals surface area contributed by atoms with E-state index in [9.17, 15) is 33.6 Å². The highest BCUT2D eigenvalue weighted by molar-refractivity contribution is 5.90. The molecule has 3 unspecified atom stereocenters. The molecule has 14 heteroatoms. The van der Waals surface area contributed by atoms with E-state index in [4.69, 9.17) is 23.7 Å². The summed E-state index contributed by atoms with van der Waals surface area (Å²) in [5, 5.41) is 0. The quantitative estimate of drug-likeness (QED) is 0.0615. The van der Waals surface area contributed by atoms with Crippen molar-refractivity contribution in [3.63, 3.8) is 0 Å². The number of carbonyl (C=O) groups excluding carboxylic acids is 7. The van der Waals surface area contributed by atoms with Gasteiger partial charge in [-0.3, -0.25) is 0 Å². The van der Waals surface area contributed by atoms with E-state index in [1.807, 2.05) is 69.2 Å². The molecule has 0 fully saturated rings.